The maximum Gasteiger partial charge on any atom is 0.410 e. The fourth-order valence-corrected chi connectivity index (χ4v) is 3.30. The predicted molar refractivity (Wildman–Crippen MR) is 83.7 cm³/mol. The maximum atomic E-state index is 13.3. The zero-order chi connectivity index (χ0) is 16.8. The third-order valence-corrected chi connectivity index (χ3v) is 4.45. The summed E-state index contributed by atoms with van der Waals surface area (Å²) in [5.74, 6) is -0.478. The SMILES string of the molecule is CC(C)(C)OC(=O)N1CCC2(CC1)C(=O)Nc1cc(F)ccc12. The Morgan fingerprint density at radius 2 is 1.96 bits per heavy atom. The summed E-state index contributed by atoms with van der Waals surface area (Å²) in [6, 6.07) is 4.40. The van der Waals surface area contributed by atoms with Gasteiger partial charge < -0.3 is 15.0 Å². The summed E-state index contributed by atoms with van der Waals surface area (Å²) in [6.07, 6.45) is 0.665. The molecule has 0 aromatic heterocycles. The molecule has 0 saturated carbocycles. The van der Waals surface area contributed by atoms with Gasteiger partial charge in [0.05, 0.1) is 5.41 Å². The van der Waals surface area contributed by atoms with Crippen molar-refractivity contribution in [3.05, 3.63) is 29.6 Å². The van der Waals surface area contributed by atoms with Crippen molar-refractivity contribution in [2.24, 2.45) is 0 Å². The van der Waals surface area contributed by atoms with E-state index in [2.05, 4.69) is 5.32 Å². The molecule has 0 unspecified atom stereocenters. The van der Waals surface area contributed by atoms with Gasteiger partial charge >= 0.3 is 6.09 Å². The Hall–Kier alpha value is -2.11. The molecule has 0 bridgehead atoms. The van der Waals surface area contributed by atoms with Crippen LogP contribution >= 0.6 is 0 Å². The number of carbonyl (C=O) groups excluding carboxylic acids is 2. The Bertz CT molecular complexity index is 658. The van der Waals surface area contributed by atoms with Crippen LogP contribution < -0.4 is 5.32 Å². The van der Waals surface area contributed by atoms with E-state index in [1.165, 1.54) is 12.1 Å². The van der Waals surface area contributed by atoms with Crippen molar-refractivity contribution in [1.29, 1.82) is 0 Å². The van der Waals surface area contributed by atoms with Crippen molar-refractivity contribution in [3.8, 4) is 0 Å². The number of amides is 2. The van der Waals surface area contributed by atoms with E-state index in [-0.39, 0.29) is 17.8 Å². The van der Waals surface area contributed by atoms with Gasteiger partial charge in [-0.1, -0.05) is 6.07 Å². The molecule has 1 aromatic rings. The van der Waals surface area contributed by atoms with E-state index < -0.39 is 11.0 Å². The van der Waals surface area contributed by atoms with Crippen LogP contribution in [0.4, 0.5) is 14.9 Å². The lowest BCUT2D eigenvalue weighted by Gasteiger charge is -2.38. The molecular weight excluding hydrogens is 299 g/mol. The van der Waals surface area contributed by atoms with Gasteiger partial charge in [0.15, 0.2) is 0 Å². The molecule has 2 aliphatic rings. The second-order valence-electron chi connectivity index (χ2n) is 7.19. The Kier molecular flexibility index (Phi) is 3.58. The molecule has 2 amide bonds. The fourth-order valence-electron chi connectivity index (χ4n) is 3.30. The summed E-state index contributed by atoms with van der Waals surface area (Å²) >= 11 is 0. The maximum absolute atomic E-state index is 13.3. The lowest BCUT2D eigenvalue weighted by molar-refractivity contribution is -0.122. The topological polar surface area (TPSA) is 58.6 Å². The number of ether oxygens (including phenoxy) is 1. The van der Waals surface area contributed by atoms with Gasteiger partial charge in [-0.2, -0.15) is 0 Å². The van der Waals surface area contributed by atoms with Crippen LogP contribution in [-0.4, -0.2) is 35.6 Å². The highest BCUT2D eigenvalue weighted by Gasteiger charge is 2.49. The highest BCUT2D eigenvalue weighted by Crippen LogP contribution is 2.45. The summed E-state index contributed by atoms with van der Waals surface area (Å²) in [7, 11) is 0. The van der Waals surface area contributed by atoms with Crippen LogP contribution in [0.25, 0.3) is 0 Å². The number of likely N-dealkylation sites (tertiary alicyclic amines) is 1. The molecular formula is C17H21FN2O3. The Morgan fingerprint density at radius 1 is 1.30 bits per heavy atom. The third-order valence-electron chi connectivity index (χ3n) is 4.45. The number of rotatable bonds is 0. The summed E-state index contributed by atoms with van der Waals surface area (Å²) in [5, 5.41) is 2.77. The number of hydrogen-bond acceptors (Lipinski definition) is 3. The van der Waals surface area contributed by atoms with E-state index in [4.69, 9.17) is 4.74 Å². The number of carbonyl (C=O) groups is 2. The largest absolute Gasteiger partial charge is 0.444 e. The molecule has 0 aliphatic carbocycles. The second-order valence-corrected chi connectivity index (χ2v) is 7.19. The van der Waals surface area contributed by atoms with E-state index >= 15 is 0 Å². The van der Waals surface area contributed by atoms with Crippen molar-refractivity contribution in [2.45, 2.75) is 44.6 Å². The Balaban J connectivity index is 1.76. The monoisotopic (exact) mass is 320 g/mol. The van der Waals surface area contributed by atoms with Crippen LogP contribution in [0.2, 0.25) is 0 Å². The number of nitrogens with zero attached hydrogens (tertiary/aromatic N) is 1. The minimum absolute atomic E-state index is 0.109. The molecule has 3 rings (SSSR count). The molecule has 2 heterocycles. The second kappa shape index (κ2) is 5.22. The molecule has 6 heteroatoms. The number of anilines is 1. The molecule has 2 aliphatic heterocycles. The highest BCUT2D eigenvalue weighted by atomic mass is 19.1. The standard InChI is InChI=1S/C17H21FN2O3/c1-16(2,3)23-15(22)20-8-6-17(7-9-20)12-5-4-11(18)10-13(12)19-14(17)21/h4-5,10H,6-9H2,1-3H3,(H,19,21). The van der Waals surface area contributed by atoms with Crippen LogP contribution in [0.15, 0.2) is 18.2 Å². The van der Waals surface area contributed by atoms with Crippen LogP contribution in [0.5, 0.6) is 0 Å². The highest BCUT2D eigenvalue weighted by molar-refractivity contribution is 6.06. The van der Waals surface area contributed by atoms with Gasteiger partial charge in [0.25, 0.3) is 0 Å². The van der Waals surface area contributed by atoms with Crippen LogP contribution in [0.3, 0.4) is 0 Å². The zero-order valence-electron chi connectivity index (χ0n) is 13.6. The average Bonchev–Trinajstić information content (AvgIpc) is 2.70. The predicted octanol–water partition coefficient (Wildman–Crippen LogP) is 3.05. The van der Waals surface area contributed by atoms with Crippen LogP contribution in [0, 0.1) is 5.82 Å². The minimum atomic E-state index is -0.665. The van der Waals surface area contributed by atoms with Crippen LogP contribution in [-0.2, 0) is 14.9 Å². The van der Waals surface area contributed by atoms with Gasteiger partial charge in [-0.25, -0.2) is 9.18 Å². The van der Waals surface area contributed by atoms with Crippen LogP contribution in [0.1, 0.15) is 39.2 Å². The molecule has 1 spiro atoms. The van der Waals surface area contributed by atoms with Gasteiger partial charge in [0.1, 0.15) is 11.4 Å². The number of halogens is 1. The van der Waals surface area contributed by atoms with Crippen molar-refractivity contribution >= 4 is 17.7 Å². The lowest BCUT2D eigenvalue weighted by Crippen LogP contribution is -2.49. The average molecular weight is 320 g/mol. The number of piperidine rings is 1. The molecule has 5 nitrogen and oxygen atoms in total. The number of fused-ring (bicyclic) bond motifs is 2. The first-order valence-corrected chi connectivity index (χ1v) is 7.81. The molecule has 1 saturated heterocycles. The fraction of sp³-hybridized carbons (Fsp3) is 0.529. The van der Waals surface area contributed by atoms with E-state index in [9.17, 15) is 14.0 Å². The first kappa shape index (κ1) is 15.8. The van der Waals surface area contributed by atoms with E-state index in [1.54, 1.807) is 11.0 Å². The smallest absolute Gasteiger partial charge is 0.410 e. The number of hydrogen-bond donors (Lipinski definition) is 1. The van der Waals surface area contributed by atoms with Gasteiger partial charge in [0.2, 0.25) is 5.91 Å². The van der Waals surface area contributed by atoms with Crippen molar-refractivity contribution < 1.29 is 18.7 Å². The van der Waals surface area contributed by atoms with Crippen molar-refractivity contribution in [2.75, 3.05) is 18.4 Å². The quantitative estimate of drug-likeness (QED) is 0.799. The number of nitrogens with one attached hydrogen (secondary N) is 1. The van der Waals surface area contributed by atoms with E-state index in [0.717, 1.165) is 5.56 Å². The van der Waals surface area contributed by atoms with Gasteiger partial charge in [0, 0.05) is 18.8 Å². The Morgan fingerprint density at radius 3 is 2.57 bits per heavy atom. The van der Waals surface area contributed by atoms with Crippen molar-refractivity contribution in [3.63, 3.8) is 0 Å². The normalized spacial score (nSPS) is 19.5. The van der Waals surface area contributed by atoms with Gasteiger partial charge in [-0.3, -0.25) is 4.79 Å². The first-order chi connectivity index (χ1) is 10.7. The molecule has 1 N–H and O–H groups in total. The molecule has 0 atom stereocenters. The van der Waals surface area contributed by atoms with Gasteiger partial charge in [-0.15, -0.1) is 0 Å². The van der Waals surface area contributed by atoms with E-state index in [0.29, 0.717) is 31.6 Å². The van der Waals surface area contributed by atoms with Crippen molar-refractivity contribution in [1.82, 2.24) is 4.90 Å². The molecule has 1 fully saturated rings. The summed E-state index contributed by atoms with van der Waals surface area (Å²) in [6.45, 7) is 6.36. The number of benzene rings is 1. The minimum Gasteiger partial charge on any atom is -0.444 e. The first-order valence-electron chi connectivity index (χ1n) is 7.81. The molecule has 1 aromatic carbocycles. The van der Waals surface area contributed by atoms with E-state index in [1.807, 2.05) is 20.8 Å². The zero-order valence-corrected chi connectivity index (χ0v) is 13.6. The summed E-state index contributed by atoms with van der Waals surface area (Å²) in [5.41, 5.74) is 0.163. The lowest BCUT2D eigenvalue weighted by atomic mass is 9.74. The third kappa shape index (κ3) is 2.78. The summed E-state index contributed by atoms with van der Waals surface area (Å²) < 4.78 is 18.7. The van der Waals surface area contributed by atoms with Gasteiger partial charge in [-0.05, 0) is 51.3 Å². The molecule has 124 valence electrons. The molecule has 0 radical (unpaired) electrons. The summed E-state index contributed by atoms with van der Waals surface area (Å²) in [4.78, 5) is 26.2. The molecule has 23 heavy (non-hydrogen) atoms. The Labute approximate surface area is 134 Å².